The fourth-order valence-corrected chi connectivity index (χ4v) is 4.36. The van der Waals surface area contributed by atoms with Crippen molar-refractivity contribution in [2.45, 2.75) is 73.4 Å². The normalized spacial score (nSPS) is 10.9. The summed E-state index contributed by atoms with van der Waals surface area (Å²) >= 11 is 0. The molecule has 37 heavy (non-hydrogen) atoms. The van der Waals surface area contributed by atoms with Crippen LogP contribution < -0.4 is 0 Å². The molecular formula is C31H43NO4Ti. The van der Waals surface area contributed by atoms with Crippen molar-refractivity contribution in [3.05, 3.63) is 87.5 Å². The van der Waals surface area contributed by atoms with E-state index in [0.717, 1.165) is 38.9 Å². The number of hydrogen-bond donors (Lipinski definition) is 4. The van der Waals surface area contributed by atoms with Crippen LogP contribution in [0.5, 0.6) is 17.2 Å². The molecule has 0 atom stereocenters. The molecule has 200 valence electrons. The van der Waals surface area contributed by atoms with E-state index in [2.05, 4.69) is 27.7 Å². The van der Waals surface area contributed by atoms with Crippen LogP contribution in [-0.2, 0) is 34.8 Å². The monoisotopic (exact) mass is 541 g/mol. The van der Waals surface area contributed by atoms with Crippen molar-refractivity contribution in [2.24, 2.45) is 0 Å². The van der Waals surface area contributed by atoms with E-state index in [1.165, 1.54) is 0 Å². The van der Waals surface area contributed by atoms with Gasteiger partial charge < -0.3 is 20.4 Å². The maximum atomic E-state index is 10.3. The molecule has 0 aliphatic carbocycles. The van der Waals surface area contributed by atoms with Crippen molar-refractivity contribution in [2.75, 3.05) is 13.2 Å². The fraction of sp³-hybridized carbons (Fsp3) is 0.419. The zero-order valence-electron chi connectivity index (χ0n) is 23.3. The third kappa shape index (κ3) is 9.50. The van der Waals surface area contributed by atoms with Gasteiger partial charge in [-0.15, -0.1) is 0 Å². The summed E-state index contributed by atoms with van der Waals surface area (Å²) in [7, 11) is 0. The van der Waals surface area contributed by atoms with Crippen LogP contribution in [0.3, 0.4) is 0 Å². The summed E-state index contributed by atoms with van der Waals surface area (Å²) in [6.07, 6.45) is 0. The Balaban J connectivity index is 0.000000417. The Morgan fingerprint density at radius 3 is 1.78 bits per heavy atom. The molecule has 0 aliphatic rings. The molecule has 0 saturated heterocycles. The smallest absolute Gasteiger partial charge is 0.122 e. The van der Waals surface area contributed by atoms with Crippen molar-refractivity contribution in [1.82, 2.24) is 4.90 Å². The molecule has 6 heteroatoms. The quantitative estimate of drug-likeness (QED) is 0.240. The molecule has 0 heterocycles. The standard InChI is InChI=1S/C19H25NO3.C12H18O.Ti/c1-13-4-5-18(22)16(9-13)11-20(6-7-21)12-17-10-14(2)8-15(3)19(17)23;1-8(2)10-6-5-7-11(9(3)4)12(10)13;/h4-5,8-10,21-23H,6-7,11-12H2,1-3H3;5-9,13H,1-4H3;. The molecule has 0 unspecified atom stereocenters. The maximum absolute atomic E-state index is 10.3. The average molecular weight is 542 g/mol. The van der Waals surface area contributed by atoms with Gasteiger partial charge in [0.05, 0.1) is 6.61 Å². The van der Waals surface area contributed by atoms with Crippen LogP contribution in [0.25, 0.3) is 0 Å². The number of aliphatic hydroxyl groups excluding tert-OH is 1. The van der Waals surface area contributed by atoms with Crippen molar-refractivity contribution < 1.29 is 42.1 Å². The van der Waals surface area contributed by atoms with Crippen molar-refractivity contribution in [3.63, 3.8) is 0 Å². The Morgan fingerprint density at radius 2 is 1.24 bits per heavy atom. The van der Waals surface area contributed by atoms with E-state index >= 15 is 0 Å². The number of phenolic OH excluding ortho intramolecular Hbond substituents is 3. The number of nitrogens with zero attached hydrogens (tertiary/aromatic N) is 1. The second-order valence-electron chi connectivity index (χ2n) is 10.3. The molecular weight excluding hydrogens is 498 g/mol. The third-order valence-electron chi connectivity index (χ3n) is 6.31. The summed E-state index contributed by atoms with van der Waals surface area (Å²) in [5.41, 5.74) is 6.78. The third-order valence-corrected chi connectivity index (χ3v) is 6.31. The molecule has 0 saturated carbocycles. The minimum atomic E-state index is 0. The number of para-hydroxylation sites is 1. The Hall–Kier alpha value is -2.31. The van der Waals surface area contributed by atoms with Crippen LogP contribution in [-0.4, -0.2) is 38.5 Å². The summed E-state index contributed by atoms with van der Waals surface area (Å²) in [6, 6.07) is 15.4. The zero-order valence-corrected chi connectivity index (χ0v) is 24.9. The molecule has 0 aliphatic heterocycles. The first-order chi connectivity index (χ1) is 16.9. The van der Waals surface area contributed by atoms with Crippen LogP contribution in [0.1, 0.15) is 78.5 Å². The second-order valence-corrected chi connectivity index (χ2v) is 10.3. The minimum Gasteiger partial charge on any atom is -0.508 e. The van der Waals surface area contributed by atoms with Crippen molar-refractivity contribution in [1.29, 1.82) is 0 Å². The van der Waals surface area contributed by atoms with Gasteiger partial charge in [0, 0.05) is 52.5 Å². The topological polar surface area (TPSA) is 84.2 Å². The molecule has 0 amide bonds. The van der Waals surface area contributed by atoms with Gasteiger partial charge in [-0.05, 0) is 55.4 Å². The van der Waals surface area contributed by atoms with E-state index in [1.807, 2.05) is 68.1 Å². The summed E-state index contributed by atoms with van der Waals surface area (Å²) in [4.78, 5) is 2.02. The molecule has 3 rings (SSSR count). The van der Waals surface area contributed by atoms with Gasteiger partial charge in [-0.25, -0.2) is 0 Å². The predicted octanol–water partition coefficient (Wildman–Crippen LogP) is 6.65. The van der Waals surface area contributed by atoms with Gasteiger partial charge in [-0.2, -0.15) is 0 Å². The zero-order chi connectivity index (χ0) is 27.0. The Labute approximate surface area is 237 Å². The molecule has 5 nitrogen and oxygen atoms in total. The van der Waals surface area contributed by atoms with Gasteiger partial charge in [0.1, 0.15) is 17.2 Å². The van der Waals surface area contributed by atoms with Crippen LogP contribution in [0.15, 0.2) is 48.5 Å². The Bertz CT molecular complexity index is 1120. The van der Waals surface area contributed by atoms with E-state index in [0.29, 0.717) is 43.0 Å². The molecule has 0 spiro atoms. The summed E-state index contributed by atoms with van der Waals surface area (Å²) in [5, 5.41) is 39.5. The number of hydrogen-bond acceptors (Lipinski definition) is 5. The average Bonchev–Trinajstić information content (AvgIpc) is 2.80. The van der Waals surface area contributed by atoms with E-state index in [9.17, 15) is 20.4 Å². The Morgan fingerprint density at radius 1 is 0.703 bits per heavy atom. The van der Waals surface area contributed by atoms with Gasteiger partial charge in [0.15, 0.2) is 0 Å². The molecule has 3 aromatic rings. The number of benzene rings is 3. The van der Waals surface area contributed by atoms with Gasteiger partial charge in [-0.3, -0.25) is 4.90 Å². The van der Waals surface area contributed by atoms with Crippen LogP contribution in [0, 0.1) is 20.8 Å². The molecule has 4 N–H and O–H groups in total. The van der Waals surface area contributed by atoms with Crippen LogP contribution in [0.2, 0.25) is 0 Å². The second kappa shape index (κ2) is 15.2. The summed E-state index contributed by atoms with van der Waals surface area (Å²) < 4.78 is 0. The first-order valence-electron chi connectivity index (χ1n) is 12.7. The SMILES string of the molecule is CC(C)c1cccc(C(C)C)c1O.Cc1ccc(O)c(CN(CCO)Cc2cc(C)cc(C)c2O)c1.[Ti]. The van der Waals surface area contributed by atoms with Gasteiger partial charge in [0.2, 0.25) is 0 Å². The number of aryl methyl sites for hydroxylation is 3. The van der Waals surface area contributed by atoms with Gasteiger partial charge >= 0.3 is 0 Å². The summed E-state index contributed by atoms with van der Waals surface area (Å²) in [5.74, 6) is 1.81. The van der Waals surface area contributed by atoms with E-state index in [-0.39, 0.29) is 34.1 Å². The first kappa shape index (κ1) is 32.7. The largest absolute Gasteiger partial charge is 0.508 e. The van der Waals surface area contributed by atoms with Crippen LogP contribution in [0.4, 0.5) is 0 Å². The van der Waals surface area contributed by atoms with Crippen LogP contribution >= 0.6 is 0 Å². The van der Waals surface area contributed by atoms with Crippen molar-refractivity contribution >= 4 is 0 Å². The minimum absolute atomic E-state index is 0. The molecule has 0 radical (unpaired) electrons. The number of rotatable bonds is 8. The number of phenols is 3. The first-order valence-corrected chi connectivity index (χ1v) is 12.7. The maximum Gasteiger partial charge on any atom is 0.122 e. The van der Waals surface area contributed by atoms with Gasteiger partial charge in [-0.1, -0.05) is 81.3 Å². The molecule has 0 fully saturated rings. The van der Waals surface area contributed by atoms with E-state index in [1.54, 1.807) is 6.07 Å². The predicted molar refractivity (Wildman–Crippen MR) is 148 cm³/mol. The Kier molecular flexibility index (Phi) is 13.4. The summed E-state index contributed by atoms with van der Waals surface area (Å²) in [6.45, 7) is 15.8. The van der Waals surface area contributed by atoms with Gasteiger partial charge in [0.25, 0.3) is 0 Å². The van der Waals surface area contributed by atoms with E-state index in [4.69, 9.17) is 0 Å². The number of aliphatic hydroxyl groups is 1. The molecule has 0 bridgehead atoms. The number of aromatic hydroxyl groups is 3. The molecule has 0 aromatic heterocycles. The fourth-order valence-electron chi connectivity index (χ4n) is 4.36. The van der Waals surface area contributed by atoms with E-state index < -0.39 is 0 Å². The van der Waals surface area contributed by atoms with Crippen molar-refractivity contribution in [3.8, 4) is 17.2 Å². The molecule has 3 aromatic carbocycles.